The molecule has 0 aromatic carbocycles. The summed E-state index contributed by atoms with van der Waals surface area (Å²) < 4.78 is 9.50. The van der Waals surface area contributed by atoms with Gasteiger partial charge < -0.3 is 9.47 Å². The second kappa shape index (κ2) is 13.3. The van der Waals surface area contributed by atoms with Gasteiger partial charge in [-0.15, -0.1) is 0 Å². The Balaban J connectivity index is 5.56. The van der Waals surface area contributed by atoms with Crippen LogP contribution in [-0.2, 0) is 28.7 Å². The van der Waals surface area contributed by atoms with Crippen LogP contribution in [0.5, 0.6) is 0 Å². The summed E-state index contributed by atoms with van der Waals surface area (Å²) in [7, 11) is 2.40. The summed E-state index contributed by atoms with van der Waals surface area (Å²) in [4.78, 5) is 48.1. The predicted molar refractivity (Wildman–Crippen MR) is 93.8 cm³/mol. The highest BCUT2D eigenvalue weighted by Crippen LogP contribution is 2.26. The van der Waals surface area contributed by atoms with E-state index >= 15 is 0 Å². The second-order valence-electron chi connectivity index (χ2n) is 5.91. The number of carbonyl (C=O) groups is 4. The smallest absolute Gasteiger partial charge is 0.320 e. The molecule has 0 radical (unpaired) electrons. The molecule has 0 N–H and O–H groups in total. The van der Waals surface area contributed by atoms with Crippen molar-refractivity contribution in [2.45, 2.75) is 58.8 Å². The fourth-order valence-electron chi connectivity index (χ4n) is 2.76. The van der Waals surface area contributed by atoms with Crippen molar-refractivity contribution in [1.82, 2.24) is 0 Å². The minimum atomic E-state index is -1.24. The molecule has 0 rings (SSSR count). The molecule has 25 heavy (non-hydrogen) atoms. The van der Waals surface area contributed by atoms with Gasteiger partial charge in [0.1, 0.15) is 18.1 Å². The van der Waals surface area contributed by atoms with Gasteiger partial charge in [-0.1, -0.05) is 46.0 Å². The minimum Gasteiger partial charge on any atom is -0.468 e. The van der Waals surface area contributed by atoms with Crippen LogP contribution in [0.3, 0.4) is 0 Å². The van der Waals surface area contributed by atoms with Crippen LogP contribution in [0, 0.1) is 11.8 Å². The Bertz CT molecular complexity index is 480. The van der Waals surface area contributed by atoms with Crippen molar-refractivity contribution >= 4 is 24.0 Å². The highest BCUT2D eigenvalue weighted by atomic mass is 16.5. The third-order valence-corrected chi connectivity index (χ3v) is 4.09. The van der Waals surface area contributed by atoms with Crippen LogP contribution in [0.1, 0.15) is 58.8 Å². The van der Waals surface area contributed by atoms with E-state index in [-0.39, 0.29) is 0 Å². The van der Waals surface area contributed by atoms with E-state index in [1.54, 1.807) is 0 Å². The van der Waals surface area contributed by atoms with Crippen molar-refractivity contribution in [3.63, 3.8) is 0 Å². The van der Waals surface area contributed by atoms with Gasteiger partial charge in [-0.2, -0.15) is 0 Å². The summed E-state index contributed by atoms with van der Waals surface area (Å²) in [6.07, 6.45) is 6.75. The molecule has 6 nitrogen and oxygen atoms in total. The molecule has 0 bridgehead atoms. The molecule has 0 saturated heterocycles. The van der Waals surface area contributed by atoms with Gasteiger partial charge in [0, 0.05) is 0 Å². The van der Waals surface area contributed by atoms with Gasteiger partial charge in [0.25, 0.3) is 0 Å². The van der Waals surface area contributed by atoms with Crippen molar-refractivity contribution in [3.8, 4) is 0 Å². The third-order valence-electron chi connectivity index (χ3n) is 4.09. The normalized spacial score (nSPS) is 13.7. The molecule has 142 valence electrons. The van der Waals surface area contributed by atoms with Crippen molar-refractivity contribution in [1.29, 1.82) is 0 Å². The van der Waals surface area contributed by atoms with E-state index in [0.717, 1.165) is 19.3 Å². The molecule has 0 spiro atoms. The number of methoxy groups -OCH3 is 2. The van der Waals surface area contributed by atoms with Crippen molar-refractivity contribution in [2.24, 2.45) is 11.8 Å². The van der Waals surface area contributed by atoms with E-state index in [1.165, 1.54) is 20.3 Å². The lowest BCUT2D eigenvalue weighted by atomic mass is 9.82. The highest BCUT2D eigenvalue weighted by Gasteiger charge is 2.39. The molecule has 0 saturated carbocycles. The standard InChI is InChI=1S/C19H30O6/c1-5-7-8-9-11-15(18(22)24-3)17(21)16(19(23)25-4)14(10-6-2)12-13-20/h12-13,15-16H,5-11H2,1-4H3. The zero-order chi connectivity index (χ0) is 19.2. The molecule has 2 unspecified atom stereocenters. The zero-order valence-electron chi connectivity index (χ0n) is 15.7. The molecule has 0 amide bonds. The van der Waals surface area contributed by atoms with Gasteiger partial charge in [0.2, 0.25) is 0 Å². The number of hydrogen-bond donors (Lipinski definition) is 0. The average molecular weight is 354 g/mol. The second-order valence-corrected chi connectivity index (χ2v) is 5.91. The van der Waals surface area contributed by atoms with Crippen molar-refractivity contribution in [3.05, 3.63) is 11.6 Å². The Kier molecular flexibility index (Phi) is 12.3. The van der Waals surface area contributed by atoms with E-state index < -0.39 is 29.6 Å². The lowest BCUT2D eigenvalue weighted by Crippen LogP contribution is -2.36. The molecule has 0 heterocycles. The minimum absolute atomic E-state index is 0.319. The number of carbonyl (C=O) groups excluding carboxylic acids is 4. The Morgan fingerprint density at radius 3 is 2.04 bits per heavy atom. The van der Waals surface area contributed by atoms with Gasteiger partial charge in [0.15, 0.2) is 5.78 Å². The summed E-state index contributed by atoms with van der Waals surface area (Å²) in [5.74, 6) is -4.24. The number of allylic oxidation sites excluding steroid dienone is 1. The molecule has 0 aromatic heterocycles. The largest absolute Gasteiger partial charge is 0.468 e. The van der Waals surface area contributed by atoms with Gasteiger partial charge in [0.05, 0.1) is 14.2 Å². The van der Waals surface area contributed by atoms with E-state index in [4.69, 9.17) is 9.47 Å². The lowest BCUT2D eigenvalue weighted by Gasteiger charge is -2.21. The number of aldehydes is 1. The van der Waals surface area contributed by atoms with Gasteiger partial charge in [-0.3, -0.25) is 19.2 Å². The Labute approximate surface area is 149 Å². The van der Waals surface area contributed by atoms with Crippen LogP contribution in [0.25, 0.3) is 0 Å². The Hall–Kier alpha value is -1.98. The van der Waals surface area contributed by atoms with Gasteiger partial charge in [-0.25, -0.2) is 0 Å². The summed E-state index contributed by atoms with van der Waals surface area (Å²) >= 11 is 0. The van der Waals surface area contributed by atoms with E-state index in [0.29, 0.717) is 37.5 Å². The fourth-order valence-corrected chi connectivity index (χ4v) is 2.76. The monoisotopic (exact) mass is 354 g/mol. The van der Waals surface area contributed by atoms with Gasteiger partial charge >= 0.3 is 11.9 Å². The van der Waals surface area contributed by atoms with Crippen molar-refractivity contribution < 1.29 is 28.7 Å². The first-order valence-corrected chi connectivity index (χ1v) is 8.81. The quantitative estimate of drug-likeness (QED) is 0.166. The van der Waals surface area contributed by atoms with Crippen molar-refractivity contribution in [2.75, 3.05) is 14.2 Å². The number of ether oxygens (including phenoxy) is 2. The average Bonchev–Trinajstić information content (AvgIpc) is 2.61. The number of ketones is 1. The summed E-state index contributed by atoms with van der Waals surface area (Å²) in [6, 6.07) is 0. The number of unbranched alkanes of at least 4 members (excludes halogenated alkanes) is 3. The number of rotatable bonds is 13. The predicted octanol–water partition coefficient (Wildman–Crippen LogP) is 3.03. The molecule has 6 heteroatoms. The molecular weight excluding hydrogens is 324 g/mol. The first kappa shape index (κ1) is 23.0. The first-order valence-electron chi connectivity index (χ1n) is 8.81. The number of esters is 2. The molecule has 0 aliphatic heterocycles. The molecule has 2 atom stereocenters. The summed E-state index contributed by atoms with van der Waals surface area (Å²) in [5.41, 5.74) is 0.372. The molecule has 0 aliphatic rings. The molecular formula is C19H30O6. The van der Waals surface area contributed by atoms with Gasteiger partial charge in [-0.05, 0) is 24.5 Å². The van der Waals surface area contributed by atoms with E-state index in [1.807, 2.05) is 6.92 Å². The Morgan fingerprint density at radius 2 is 1.56 bits per heavy atom. The van der Waals surface area contributed by atoms with Crippen LogP contribution in [0.15, 0.2) is 11.6 Å². The first-order chi connectivity index (χ1) is 12.0. The number of hydrogen-bond acceptors (Lipinski definition) is 6. The third kappa shape index (κ3) is 7.63. The van der Waals surface area contributed by atoms with E-state index in [9.17, 15) is 19.2 Å². The van der Waals surface area contributed by atoms with E-state index in [2.05, 4.69) is 6.92 Å². The van der Waals surface area contributed by atoms with Crippen LogP contribution >= 0.6 is 0 Å². The molecule has 0 fully saturated rings. The topological polar surface area (TPSA) is 86.7 Å². The van der Waals surface area contributed by atoms with Crippen LogP contribution < -0.4 is 0 Å². The zero-order valence-corrected chi connectivity index (χ0v) is 15.7. The van der Waals surface area contributed by atoms with Crippen LogP contribution in [-0.4, -0.2) is 38.2 Å². The maximum absolute atomic E-state index is 12.9. The summed E-state index contributed by atoms with van der Waals surface area (Å²) in [6.45, 7) is 3.94. The van der Waals surface area contributed by atoms with Crippen LogP contribution in [0.2, 0.25) is 0 Å². The number of Topliss-reactive ketones (excluding diaryl/α,β-unsaturated/α-hetero) is 1. The maximum atomic E-state index is 12.9. The molecule has 0 aliphatic carbocycles. The molecule has 0 aromatic rings. The highest BCUT2D eigenvalue weighted by molar-refractivity contribution is 6.10. The maximum Gasteiger partial charge on any atom is 0.320 e. The summed E-state index contributed by atoms with van der Waals surface area (Å²) in [5, 5.41) is 0. The van der Waals surface area contributed by atoms with Crippen LogP contribution in [0.4, 0.5) is 0 Å². The Morgan fingerprint density at radius 1 is 0.920 bits per heavy atom. The lowest BCUT2D eigenvalue weighted by molar-refractivity contribution is -0.154. The fraction of sp³-hybridized carbons (Fsp3) is 0.684. The SMILES string of the molecule is CCCCCCC(C(=O)OC)C(=O)C(C(=O)OC)C(=CC=O)CCC.